The molecule has 0 saturated carbocycles. The minimum Gasteiger partial charge on any atom is -0.486 e. The number of fused-ring (bicyclic) bond motifs is 1. The fourth-order valence-electron chi connectivity index (χ4n) is 3.59. The van der Waals surface area contributed by atoms with Gasteiger partial charge in [0.15, 0.2) is 0 Å². The Morgan fingerprint density at radius 3 is 2.24 bits per heavy atom. The van der Waals surface area contributed by atoms with Crippen LogP contribution in [-0.2, 0) is 6.61 Å². The number of para-hydroxylation sites is 1. The van der Waals surface area contributed by atoms with Crippen molar-refractivity contribution in [2.24, 2.45) is 0 Å². The number of aliphatic hydroxyl groups is 1. The molecule has 200 valence electrons. The summed E-state index contributed by atoms with van der Waals surface area (Å²) in [4.78, 5) is 17.2. The third-order valence-electron chi connectivity index (χ3n) is 5.73. The van der Waals surface area contributed by atoms with Gasteiger partial charge in [-0.25, -0.2) is 8.78 Å². The molecular weight excluding hydrogens is 509 g/mol. The number of pyridine rings is 1. The molecule has 1 atom stereocenters. The maximum absolute atomic E-state index is 13.9. The highest BCUT2D eigenvalue weighted by atomic mass is 19.4. The molecule has 0 saturated heterocycles. The Kier molecular flexibility index (Phi) is 8.01. The molecule has 0 aliphatic carbocycles. The third-order valence-corrected chi connectivity index (χ3v) is 5.73. The molecule has 0 radical (unpaired) electrons. The van der Waals surface area contributed by atoms with Crippen molar-refractivity contribution in [3.8, 4) is 5.75 Å². The second-order valence-corrected chi connectivity index (χ2v) is 8.92. The molecule has 0 aliphatic rings. The van der Waals surface area contributed by atoms with Gasteiger partial charge in [-0.1, -0.05) is 18.2 Å². The molecule has 0 aliphatic heterocycles. The quantitative estimate of drug-likeness (QED) is 0.335. The highest BCUT2D eigenvalue weighted by Gasteiger charge is 2.57. The van der Waals surface area contributed by atoms with Crippen LogP contribution in [0.5, 0.6) is 5.75 Å². The summed E-state index contributed by atoms with van der Waals surface area (Å²) in [6.07, 6.45) is -7.06. The number of nitrogens with one attached hydrogen (secondary N) is 1. The summed E-state index contributed by atoms with van der Waals surface area (Å²) >= 11 is 0. The fraction of sp³-hybridized carbons (Fsp3) is 0.360. The number of alkyl halides is 5. The number of halogens is 7. The van der Waals surface area contributed by atoms with Gasteiger partial charge < -0.3 is 15.2 Å². The molecule has 3 aromatic rings. The average Bonchev–Trinajstić information content (AvgIpc) is 2.79. The Hall–Kier alpha value is -3.41. The number of amides is 1. The smallest absolute Gasteiger partial charge is 0.453 e. The van der Waals surface area contributed by atoms with Gasteiger partial charge in [0.1, 0.15) is 29.5 Å². The zero-order valence-electron chi connectivity index (χ0n) is 19.7. The zero-order valence-corrected chi connectivity index (χ0v) is 19.7. The average molecular weight is 532 g/mol. The Labute approximate surface area is 207 Å². The predicted octanol–water partition coefficient (Wildman–Crippen LogP) is 5.94. The summed E-state index contributed by atoms with van der Waals surface area (Å²) in [6.45, 7) is 1.86. The van der Waals surface area contributed by atoms with E-state index in [0.29, 0.717) is 0 Å². The number of aromatic nitrogens is 1. The number of hydrogen-bond acceptors (Lipinski definition) is 4. The van der Waals surface area contributed by atoms with Gasteiger partial charge in [0.25, 0.3) is 5.91 Å². The largest absolute Gasteiger partial charge is 0.486 e. The van der Waals surface area contributed by atoms with Gasteiger partial charge in [0.2, 0.25) is 0 Å². The van der Waals surface area contributed by atoms with E-state index < -0.39 is 60.7 Å². The monoisotopic (exact) mass is 532 g/mol. The molecule has 1 amide bonds. The molecule has 1 heterocycles. The molecule has 0 fully saturated rings. The summed E-state index contributed by atoms with van der Waals surface area (Å²) in [5.41, 5.74) is -2.06. The minimum absolute atomic E-state index is 0.0376. The number of ether oxygens (including phenoxy) is 1. The Morgan fingerprint density at radius 1 is 1.03 bits per heavy atom. The number of benzene rings is 2. The second-order valence-electron chi connectivity index (χ2n) is 8.92. The van der Waals surface area contributed by atoms with Crippen LogP contribution in [0, 0.1) is 11.6 Å². The van der Waals surface area contributed by atoms with Crippen molar-refractivity contribution in [2.75, 3.05) is 0 Å². The fourth-order valence-corrected chi connectivity index (χ4v) is 3.59. The third kappa shape index (κ3) is 6.48. The first-order valence-corrected chi connectivity index (χ1v) is 11.0. The Morgan fingerprint density at radius 2 is 1.65 bits per heavy atom. The molecule has 3 rings (SSSR count). The molecule has 2 aromatic carbocycles. The van der Waals surface area contributed by atoms with E-state index in [2.05, 4.69) is 10.3 Å². The van der Waals surface area contributed by atoms with Crippen molar-refractivity contribution in [3.05, 3.63) is 71.4 Å². The predicted molar refractivity (Wildman–Crippen MR) is 120 cm³/mol. The van der Waals surface area contributed by atoms with Crippen LogP contribution in [0.1, 0.15) is 42.6 Å². The number of rotatable bonds is 9. The van der Waals surface area contributed by atoms with Gasteiger partial charge in [0, 0.05) is 18.0 Å². The number of nitrogens with zero attached hydrogens (tertiary/aromatic N) is 1. The summed E-state index contributed by atoms with van der Waals surface area (Å²) in [5, 5.41) is 12.9. The van der Waals surface area contributed by atoms with Crippen LogP contribution in [0.25, 0.3) is 10.9 Å². The highest BCUT2D eigenvalue weighted by molar-refractivity contribution is 6.07. The van der Waals surface area contributed by atoms with E-state index in [1.165, 1.54) is 50.4 Å². The first kappa shape index (κ1) is 28.2. The Balaban J connectivity index is 1.85. The lowest BCUT2D eigenvalue weighted by atomic mass is 9.92. The summed E-state index contributed by atoms with van der Waals surface area (Å²) < 4.78 is 98.0. The standard InChI is InChI=1S/C25H23F7N2O3/c1-23(2,36)20(9-11-24(28,29)25(30,31)32)34-22(35)15-10-12-33-21-14(15)5-3-8-19(21)37-13-16-17(26)6-4-7-18(16)27/h3-8,10,12,20,36H,9,11,13H2,1-2H3,(H,34,35). The lowest BCUT2D eigenvalue weighted by Crippen LogP contribution is -2.50. The van der Waals surface area contributed by atoms with Crippen LogP contribution in [0.2, 0.25) is 0 Å². The molecule has 0 spiro atoms. The summed E-state index contributed by atoms with van der Waals surface area (Å²) in [6, 6.07) is 7.56. The van der Waals surface area contributed by atoms with Crippen LogP contribution in [-0.4, -0.2) is 39.7 Å². The first-order chi connectivity index (χ1) is 17.1. The van der Waals surface area contributed by atoms with Crippen LogP contribution < -0.4 is 10.1 Å². The van der Waals surface area contributed by atoms with Crippen LogP contribution >= 0.6 is 0 Å². The topological polar surface area (TPSA) is 71.5 Å². The number of carbonyl (C=O) groups is 1. The normalized spacial score (nSPS) is 13.5. The lowest BCUT2D eigenvalue weighted by molar-refractivity contribution is -0.285. The highest BCUT2D eigenvalue weighted by Crippen LogP contribution is 2.39. The van der Waals surface area contributed by atoms with Crippen molar-refractivity contribution in [3.63, 3.8) is 0 Å². The van der Waals surface area contributed by atoms with Crippen molar-refractivity contribution < 1.29 is 45.4 Å². The molecule has 12 heteroatoms. The van der Waals surface area contributed by atoms with Crippen molar-refractivity contribution in [1.82, 2.24) is 10.3 Å². The van der Waals surface area contributed by atoms with Crippen LogP contribution in [0.4, 0.5) is 30.7 Å². The molecule has 0 bridgehead atoms. The molecular formula is C25H23F7N2O3. The van der Waals surface area contributed by atoms with Gasteiger partial charge in [-0.15, -0.1) is 0 Å². The van der Waals surface area contributed by atoms with E-state index >= 15 is 0 Å². The van der Waals surface area contributed by atoms with E-state index in [-0.39, 0.29) is 27.8 Å². The minimum atomic E-state index is -5.77. The van der Waals surface area contributed by atoms with E-state index in [4.69, 9.17) is 4.74 Å². The van der Waals surface area contributed by atoms with Gasteiger partial charge in [-0.2, -0.15) is 22.0 Å². The van der Waals surface area contributed by atoms with E-state index in [1.807, 2.05) is 0 Å². The lowest BCUT2D eigenvalue weighted by Gasteiger charge is -2.32. The van der Waals surface area contributed by atoms with Crippen molar-refractivity contribution in [1.29, 1.82) is 0 Å². The molecule has 37 heavy (non-hydrogen) atoms. The number of carbonyl (C=O) groups excluding carboxylic acids is 1. The zero-order chi connectivity index (χ0) is 27.6. The molecule has 1 unspecified atom stereocenters. The summed E-state index contributed by atoms with van der Waals surface area (Å²) in [7, 11) is 0. The van der Waals surface area contributed by atoms with Crippen molar-refractivity contribution in [2.45, 2.75) is 57.0 Å². The van der Waals surface area contributed by atoms with Gasteiger partial charge in [0.05, 0.1) is 22.8 Å². The van der Waals surface area contributed by atoms with E-state index in [1.54, 1.807) is 0 Å². The number of hydrogen-bond donors (Lipinski definition) is 2. The molecule has 2 N–H and O–H groups in total. The first-order valence-electron chi connectivity index (χ1n) is 11.0. The van der Waals surface area contributed by atoms with E-state index in [0.717, 1.165) is 12.1 Å². The Bertz CT molecular complexity index is 1250. The molecule has 5 nitrogen and oxygen atoms in total. The van der Waals surface area contributed by atoms with Crippen molar-refractivity contribution >= 4 is 16.8 Å². The molecule has 1 aromatic heterocycles. The van der Waals surface area contributed by atoms with Crippen LogP contribution in [0.3, 0.4) is 0 Å². The van der Waals surface area contributed by atoms with E-state index in [9.17, 15) is 40.6 Å². The summed E-state index contributed by atoms with van der Waals surface area (Å²) in [5.74, 6) is -7.43. The maximum Gasteiger partial charge on any atom is 0.453 e. The van der Waals surface area contributed by atoms with Crippen LogP contribution in [0.15, 0.2) is 48.7 Å². The van der Waals surface area contributed by atoms with Gasteiger partial charge >= 0.3 is 12.1 Å². The second kappa shape index (κ2) is 10.5. The van der Waals surface area contributed by atoms with Gasteiger partial charge in [-0.05, 0) is 44.5 Å². The maximum atomic E-state index is 13.9. The van der Waals surface area contributed by atoms with Gasteiger partial charge in [-0.3, -0.25) is 9.78 Å². The SMILES string of the molecule is CC(C)(O)C(CCC(F)(F)C(F)(F)F)NC(=O)c1ccnc2c(OCc3c(F)cccc3F)cccc12.